The van der Waals surface area contributed by atoms with Crippen molar-refractivity contribution in [1.29, 1.82) is 0 Å². The summed E-state index contributed by atoms with van der Waals surface area (Å²) in [6.45, 7) is 2.88. The van der Waals surface area contributed by atoms with E-state index < -0.39 is 0 Å². The van der Waals surface area contributed by atoms with Gasteiger partial charge in [0, 0.05) is 31.0 Å². The van der Waals surface area contributed by atoms with Crippen molar-refractivity contribution >= 4 is 23.3 Å². The van der Waals surface area contributed by atoms with Gasteiger partial charge >= 0.3 is 0 Å². The molecule has 1 saturated heterocycles. The van der Waals surface area contributed by atoms with Crippen LogP contribution in [0.2, 0.25) is 5.02 Å². The molecule has 0 spiro atoms. The van der Waals surface area contributed by atoms with E-state index in [1.54, 1.807) is 23.1 Å². The Morgan fingerprint density at radius 3 is 2.68 bits per heavy atom. The van der Waals surface area contributed by atoms with Gasteiger partial charge in [-0.15, -0.1) is 0 Å². The molecule has 19 heavy (non-hydrogen) atoms. The Morgan fingerprint density at radius 1 is 1.37 bits per heavy atom. The molecule has 0 aromatic heterocycles. The van der Waals surface area contributed by atoms with Crippen LogP contribution in [-0.2, 0) is 9.59 Å². The van der Waals surface area contributed by atoms with Crippen molar-refractivity contribution in [2.75, 3.05) is 19.7 Å². The number of halogens is 1. The number of carbonyl (C=O) groups is 2. The number of hydrogen-bond acceptors (Lipinski definition) is 3. The Labute approximate surface area is 117 Å². The molecular weight excluding hydrogens is 266 g/mol. The van der Waals surface area contributed by atoms with Gasteiger partial charge in [-0.2, -0.15) is 0 Å². The van der Waals surface area contributed by atoms with Crippen LogP contribution in [0.15, 0.2) is 18.2 Å². The zero-order chi connectivity index (χ0) is 13.8. The summed E-state index contributed by atoms with van der Waals surface area (Å²) < 4.78 is 5.50. The monoisotopic (exact) mass is 281 g/mol. The third-order valence-corrected chi connectivity index (χ3v) is 3.40. The van der Waals surface area contributed by atoms with E-state index in [4.69, 9.17) is 16.3 Å². The fourth-order valence-corrected chi connectivity index (χ4v) is 2.24. The molecule has 1 aliphatic heterocycles. The Balaban J connectivity index is 1.88. The summed E-state index contributed by atoms with van der Waals surface area (Å²) in [7, 11) is 0. The molecule has 0 aliphatic carbocycles. The van der Waals surface area contributed by atoms with Crippen LogP contribution >= 0.6 is 11.6 Å². The van der Waals surface area contributed by atoms with Crippen LogP contribution in [0, 0.1) is 6.92 Å². The molecule has 0 unspecified atom stereocenters. The molecule has 0 radical (unpaired) electrons. The number of aryl methyl sites for hydroxylation is 1. The maximum atomic E-state index is 11.9. The summed E-state index contributed by atoms with van der Waals surface area (Å²) in [6.07, 6.45) is 0.900. The fraction of sp³-hybridized carbons (Fsp3) is 0.429. The number of Topliss-reactive ketones (excluding diaryl/α,β-unsaturated/α-hetero) is 1. The molecule has 1 aliphatic rings. The van der Waals surface area contributed by atoms with Crippen LogP contribution in [0.1, 0.15) is 18.4 Å². The predicted molar refractivity (Wildman–Crippen MR) is 72.5 cm³/mol. The molecule has 0 N–H and O–H groups in total. The van der Waals surface area contributed by atoms with Gasteiger partial charge in [0.15, 0.2) is 6.61 Å². The van der Waals surface area contributed by atoms with E-state index in [0.29, 0.717) is 36.7 Å². The first-order chi connectivity index (χ1) is 9.06. The van der Waals surface area contributed by atoms with Crippen molar-refractivity contribution in [2.24, 2.45) is 0 Å². The highest BCUT2D eigenvalue weighted by Gasteiger charge is 2.21. The van der Waals surface area contributed by atoms with Crippen molar-refractivity contribution in [3.05, 3.63) is 28.8 Å². The van der Waals surface area contributed by atoms with Crippen molar-refractivity contribution < 1.29 is 14.3 Å². The van der Waals surface area contributed by atoms with Crippen LogP contribution in [0.4, 0.5) is 0 Å². The smallest absolute Gasteiger partial charge is 0.260 e. The molecule has 1 aromatic rings. The zero-order valence-electron chi connectivity index (χ0n) is 10.8. The van der Waals surface area contributed by atoms with Gasteiger partial charge in [-0.1, -0.05) is 11.6 Å². The van der Waals surface area contributed by atoms with Crippen LogP contribution in [0.3, 0.4) is 0 Å². The SMILES string of the molecule is Cc1cc(Cl)ccc1OCC(=O)N1CCC(=O)CC1. The van der Waals surface area contributed by atoms with Gasteiger partial charge in [-0.05, 0) is 30.7 Å². The predicted octanol–water partition coefficient (Wildman–Crippen LogP) is 2.22. The maximum Gasteiger partial charge on any atom is 0.260 e. The zero-order valence-corrected chi connectivity index (χ0v) is 11.6. The summed E-state index contributed by atoms with van der Waals surface area (Å²) in [5.74, 6) is 0.797. The van der Waals surface area contributed by atoms with Gasteiger partial charge < -0.3 is 9.64 Å². The molecule has 5 heteroatoms. The van der Waals surface area contributed by atoms with Crippen LogP contribution in [0.5, 0.6) is 5.75 Å². The van der Waals surface area contributed by atoms with E-state index >= 15 is 0 Å². The summed E-state index contributed by atoms with van der Waals surface area (Å²) in [5.41, 5.74) is 0.897. The quantitative estimate of drug-likeness (QED) is 0.853. The highest BCUT2D eigenvalue weighted by atomic mass is 35.5. The number of hydrogen-bond donors (Lipinski definition) is 0. The summed E-state index contributed by atoms with van der Waals surface area (Å²) in [5, 5.41) is 0.644. The Morgan fingerprint density at radius 2 is 2.05 bits per heavy atom. The molecule has 102 valence electrons. The summed E-state index contributed by atoms with van der Waals surface area (Å²) in [4.78, 5) is 24.7. The van der Waals surface area contributed by atoms with Crippen LogP contribution < -0.4 is 4.74 Å². The fourth-order valence-electron chi connectivity index (χ4n) is 2.01. The molecule has 1 amide bonds. The second kappa shape index (κ2) is 6.06. The minimum atomic E-state index is -0.0816. The first kappa shape index (κ1) is 13.9. The number of likely N-dealkylation sites (tertiary alicyclic amines) is 1. The molecule has 1 fully saturated rings. The number of rotatable bonds is 3. The van der Waals surface area contributed by atoms with Crippen LogP contribution in [0.25, 0.3) is 0 Å². The average Bonchev–Trinajstić information content (AvgIpc) is 2.38. The molecular formula is C14H16ClNO3. The first-order valence-corrected chi connectivity index (χ1v) is 6.62. The minimum absolute atomic E-state index is 0.00331. The number of ether oxygens (including phenoxy) is 1. The minimum Gasteiger partial charge on any atom is -0.483 e. The second-order valence-corrected chi connectivity index (χ2v) is 5.05. The van der Waals surface area contributed by atoms with Gasteiger partial charge in [-0.3, -0.25) is 9.59 Å². The van der Waals surface area contributed by atoms with E-state index in [9.17, 15) is 9.59 Å². The number of ketones is 1. The van der Waals surface area contributed by atoms with Gasteiger partial charge in [0.25, 0.3) is 5.91 Å². The molecule has 4 nitrogen and oxygen atoms in total. The molecule has 1 aromatic carbocycles. The van der Waals surface area contributed by atoms with Crippen molar-refractivity contribution in [3.63, 3.8) is 0 Å². The second-order valence-electron chi connectivity index (χ2n) is 4.62. The highest BCUT2D eigenvalue weighted by Crippen LogP contribution is 2.21. The van der Waals surface area contributed by atoms with Gasteiger partial charge in [0.05, 0.1) is 0 Å². The Bertz CT molecular complexity index is 491. The van der Waals surface area contributed by atoms with E-state index in [1.807, 2.05) is 6.92 Å². The third kappa shape index (κ3) is 3.70. The Hall–Kier alpha value is -1.55. The standard InChI is InChI=1S/C14H16ClNO3/c1-10-8-11(15)2-3-13(10)19-9-14(18)16-6-4-12(17)5-7-16/h2-3,8H,4-7,9H2,1H3. The van der Waals surface area contributed by atoms with E-state index in [-0.39, 0.29) is 18.3 Å². The van der Waals surface area contributed by atoms with Gasteiger partial charge in [-0.25, -0.2) is 0 Å². The topological polar surface area (TPSA) is 46.6 Å². The van der Waals surface area contributed by atoms with Gasteiger partial charge in [0.1, 0.15) is 11.5 Å². The molecule has 0 atom stereocenters. The lowest BCUT2D eigenvalue weighted by Crippen LogP contribution is -2.41. The number of benzene rings is 1. The Kier molecular flexibility index (Phi) is 4.43. The lowest BCUT2D eigenvalue weighted by Gasteiger charge is -2.26. The first-order valence-electron chi connectivity index (χ1n) is 6.24. The van der Waals surface area contributed by atoms with E-state index in [0.717, 1.165) is 5.56 Å². The lowest BCUT2D eigenvalue weighted by molar-refractivity contribution is -0.136. The highest BCUT2D eigenvalue weighted by molar-refractivity contribution is 6.30. The van der Waals surface area contributed by atoms with Crippen molar-refractivity contribution in [2.45, 2.75) is 19.8 Å². The number of nitrogens with zero attached hydrogens (tertiary/aromatic N) is 1. The molecule has 0 bridgehead atoms. The molecule has 2 rings (SSSR count). The van der Waals surface area contributed by atoms with Crippen molar-refractivity contribution in [3.8, 4) is 5.75 Å². The normalized spacial score (nSPS) is 15.5. The molecule has 0 saturated carbocycles. The van der Waals surface area contributed by atoms with E-state index in [1.165, 1.54) is 0 Å². The van der Waals surface area contributed by atoms with E-state index in [2.05, 4.69) is 0 Å². The number of carbonyl (C=O) groups excluding carboxylic acids is 2. The largest absolute Gasteiger partial charge is 0.483 e. The van der Waals surface area contributed by atoms with Crippen molar-refractivity contribution in [1.82, 2.24) is 4.90 Å². The summed E-state index contributed by atoms with van der Waals surface area (Å²) >= 11 is 5.85. The van der Waals surface area contributed by atoms with Gasteiger partial charge in [0.2, 0.25) is 0 Å². The number of piperidine rings is 1. The van der Waals surface area contributed by atoms with Crippen LogP contribution in [-0.4, -0.2) is 36.3 Å². The third-order valence-electron chi connectivity index (χ3n) is 3.16. The lowest BCUT2D eigenvalue weighted by atomic mass is 10.1. The molecule has 1 heterocycles. The average molecular weight is 282 g/mol. The number of amides is 1. The maximum absolute atomic E-state index is 11.9. The summed E-state index contributed by atoms with van der Waals surface area (Å²) in [6, 6.07) is 5.28.